The minimum absolute atomic E-state index is 0.136. The van der Waals surface area contributed by atoms with E-state index in [0.717, 1.165) is 5.69 Å². The Balaban J connectivity index is 2.46. The van der Waals surface area contributed by atoms with Crippen molar-refractivity contribution in [2.24, 2.45) is 0 Å². The highest BCUT2D eigenvalue weighted by Crippen LogP contribution is 2.24. The van der Waals surface area contributed by atoms with Gasteiger partial charge in [-0.2, -0.15) is 0 Å². The van der Waals surface area contributed by atoms with Gasteiger partial charge >= 0.3 is 0 Å². The lowest BCUT2D eigenvalue weighted by Crippen LogP contribution is -2.08. The largest absolute Gasteiger partial charge is 0.493 e. The summed E-state index contributed by atoms with van der Waals surface area (Å²) < 4.78 is 0. The van der Waals surface area contributed by atoms with Crippen LogP contribution in [0.3, 0.4) is 0 Å². The molecule has 0 aliphatic rings. The van der Waals surface area contributed by atoms with Crippen molar-refractivity contribution in [3.8, 4) is 17.0 Å². The standard InChI is InChI=1S/C11H13N3O2/c1-14(2)8-5-3-7(4-6-8)9-10(15)12-13-11(9)16/h3-6H,1-2H3,(H3,12,13,15,16). The van der Waals surface area contributed by atoms with E-state index in [9.17, 15) is 9.90 Å². The molecule has 3 N–H and O–H groups in total. The lowest BCUT2D eigenvalue weighted by atomic mass is 10.1. The highest BCUT2D eigenvalue weighted by Gasteiger charge is 2.10. The Kier molecular flexibility index (Phi) is 2.44. The van der Waals surface area contributed by atoms with Crippen molar-refractivity contribution < 1.29 is 5.11 Å². The number of aromatic hydroxyl groups is 1. The monoisotopic (exact) mass is 219 g/mol. The van der Waals surface area contributed by atoms with Crippen molar-refractivity contribution in [2.75, 3.05) is 19.0 Å². The number of hydrogen-bond acceptors (Lipinski definition) is 3. The fourth-order valence-electron chi connectivity index (χ4n) is 1.54. The van der Waals surface area contributed by atoms with E-state index in [0.29, 0.717) is 5.56 Å². The molecule has 0 saturated heterocycles. The maximum atomic E-state index is 11.4. The van der Waals surface area contributed by atoms with Gasteiger partial charge in [-0.25, -0.2) is 0 Å². The average Bonchev–Trinajstić information content (AvgIpc) is 2.59. The van der Waals surface area contributed by atoms with Crippen molar-refractivity contribution >= 4 is 5.69 Å². The van der Waals surface area contributed by atoms with Crippen LogP contribution in [0.4, 0.5) is 5.69 Å². The van der Waals surface area contributed by atoms with Gasteiger partial charge in [0, 0.05) is 19.8 Å². The van der Waals surface area contributed by atoms with Crippen molar-refractivity contribution in [3.05, 3.63) is 34.6 Å². The van der Waals surface area contributed by atoms with Crippen molar-refractivity contribution in [1.29, 1.82) is 0 Å². The summed E-state index contributed by atoms with van der Waals surface area (Å²) in [4.78, 5) is 13.4. The van der Waals surface area contributed by atoms with E-state index in [1.165, 1.54) is 0 Å². The minimum atomic E-state index is -0.324. The van der Waals surface area contributed by atoms with Crippen LogP contribution >= 0.6 is 0 Å². The first-order chi connectivity index (χ1) is 7.59. The van der Waals surface area contributed by atoms with Gasteiger partial charge in [-0.05, 0) is 17.7 Å². The molecule has 16 heavy (non-hydrogen) atoms. The number of aromatic amines is 2. The van der Waals surface area contributed by atoms with Crippen LogP contribution in [-0.4, -0.2) is 29.4 Å². The van der Waals surface area contributed by atoms with Gasteiger partial charge in [0.1, 0.15) is 5.56 Å². The highest BCUT2D eigenvalue weighted by molar-refractivity contribution is 5.69. The fraction of sp³-hybridized carbons (Fsp3) is 0.182. The number of aromatic nitrogens is 2. The number of nitrogens with zero attached hydrogens (tertiary/aromatic N) is 1. The second kappa shape index (κ2) is 3.77. The van der Waals surface area contributed by atoms with Gasteiger partial charge in [0.05, 0.1) is 0 Å². The molecule has 2 rings (SSSR count). The Bertz CT molecular complexity index is 537. The Morgan fingerprint density at radius 1 is 1.12 bits per heavy atom. The summed E-state index contributed by atoms with van der Waals surface area (Å²) in [6.45, 7) is 0. The Hall–Kier alpha value is -2.17. The summed E-state index contributed by atoms with van der Waals surface area (Å²) in [5.41, 5.74) is 1.67. The molecule has 0 spiro atoms. The zero-order valence-corrected chi connectivity index (χ0v) is 9.11. The van der Waals surface area contributed by atoms with Gasteiger partial charge in [-0.1, -0.05) is 12.1 Å². The highest BCUT2D eigenvalue weighted by atomic mass is 16.3. The summed E-state index contributed by atoms with van der Waals surface area (Å²) in [6.07, 6.45) is 0. The van der Waals surface area contributed by atoms with Gasteiger partial charge in [-0.3, -0.25) is 15.0 Å². The number of benzene rings is 1. The lowest BCUT2D eigenvalue weighted by Gasteiger charge is -2.12. The van der Waals surface area contributed by atoms with E-state index in [-0.39, 0.29) is 17.0 Å². The number of rotatable bonds is 2. The molecule has 2 aromatic rings. The molecule has 0 aliphatic heterocycles. The van der Waals surface area contributed by atoms with Crippen LogP contribution in [0.15, 0.2) is 29.1 Å². The molecule has 0 unspecified atom stereocenters. The second-order valence-electron chi connectivity index (χ2n) is 3.74. The third kappa shape index (κ3) is 1.67. The predicted octanol–water partition coefficient (Wildman–Crippen LogP) is 1.14. The van der Waals surface area contributed by atoms with Crippen LogP contribution in [-0.2, 0) is 0 Å². The molecule has 0 saturated carbocycles. The van der Waals surface area contributed by atoms with Crippen LogP contribution in [0.2, 0.25) is 0 Å². The van der Waals surface area contributed by atoms with E-state index < -0.39 is 0 Å². The number of nitrogens with one attached hydrogen (secondary N) is 2. The van der Waals surface area contributed by atoms with Crippen LogP contribution in [0.25, 0.3) is 11.1 Å². The molecule has 84 valence electrons. The predicted molar refractivity (Wildman–Crippen MR) is 62.8 cm³/mol. The lowest BCUT2D eigenvalue weighted by molar-refractivity contribution is 0.454. The molecular formula is C11H13N3O2. The summed E-state index contributed by atoms with van der Waals surface area (Å²) >= 11 is 0. The Labute approximate surface area is 92.3 Å². The molecule has 0 amide bonds. The second-order valence-corrected chi connectivity index (χ2v) is 3.74. The normalized spacial score (nSPS) is 10.4. The van der Waals surface area contributed by atoms with E-state index in [4.69, 9.17) is 0 Å². The van der Waals surface area contributed by atoms with E-state index in [2.05, 4.69) is 10.2 Å². The molecular weight excluding hydrogens is 206 g/mol. The van der Waals surface area contributed by atoms with Crippen molar-refractivity contribution in [2.45, 2.75) is 0 Å². The molecule has 0 bridgehead atoms. The van der Waals surface area contributed by atoms with Gasteiger partial charge < -0.3 is 10.0 Å². The summed E-state index contributed by atoms with van der Waals surface area (Å²) in [5, 5.41) is 14.2. The number of H-pyrrole nitrogens is 2. The zero-order chi connectivity index (χ0) is 11.7. The molecule has 5 heteroatoms. The topological polar surface area (TPSA) is 72.1 Å². The van der Waals surface area contributed by atoms with E-state index >= 15 is 0 Å². The van der Waals surface area contributed by atoms with Crippen molar-refractivity contribution in [1.82, 2.24) is 10.2 Å². The van der Waals surface area contributed by atoms with Gasteiger partial charge in [0.25, 0.3) is 5.56 Å². The fourth-order valence-corrected chi connectivity index (χ4v) is 1.54. The Morgan fingerprint density at radius 3 is 2.19 bits per heavy atom. The van der Waals surface area contributed by atoms with Gasteiger partial charge in [0.15, 0.2) is 0 Å². The molecule has 0 aliphatic carbocycles. The third-order valence-corrected chi connectivity index (χ3v) is 2.43. The molecule has 0 atom stereocenters. The smallest absolute Gasteiger partial charge is 0.275 e. The van der Waals surface area contributed by atoms with Gasteiger partial charge in [-0.15, -0.1) is 0 Å². The molecule has 0 radical (unpaired) electrons. The Morgan fingerprint density at radius 2 is 1.75 bits per heavy atom. The first-order valence-electron chi connectivity index (χ1n) is 4.87. The molecule has 0 fully saturated rings. The summed E-state index contributed by atoms with van der Waals surface area (Å²) in [5.74, 6) is -0.136. The number of hydrogen-bond donors (Lipinski definition) is 3. The first-order valence-corrected chi connectivity index (χ1v) is 4.87. The van der Waals surface area contributed by atoms with Gasteiger partial charge in [0.2, 0.25) is 5.88 Å². The maximum absolute atomic E-state index is 11.4. The summed E-state index contributed by atoms with van der Waals surface area (Å²) in [7, 11) is 3.88. The summed E-state index contributed by atoms with van der Waals surface area (Å²) in [6, 6.07) is 7.38. The van der Waals surface area contributed by atoms with E-state index in [1.807, 2.05) is 31.1 Å². The first kappa shape index (κ1) is 10.4. The molecule has 1 aromatic carbocycles. The maximum Gasteiger partial charge on any atom is 0.275 e. The third-order valence-electron chi connectivity index (χ3n) is 2.43. The van der Waals surface area contributed by atoms with Crippen LogP contribution < -0.4 is 10.5 Å². The number of anilines is 1. The van der Waals surface area contributed by atoms with Crippen LogP contribution in [0, 0.1) is 0 Å². The molecule has 1 heterocycles. The SMILES string of the molecule is CN(C)c1ccc(-c2c(O)[nH][nH]c2=O)cc1. The quantitative estimate of drug-likeness (QED) is 0.709. The minimum Gasteiger partial charge on any atom is -0.493 e. The zero-order valence-electron chi connectivity index (χ0n) is 9.11. The van der Waals surface area contributed by atoms with Crippen molar-refractivity contribution in [3.63, 3.8) is 0 Å². The van der Waals surface area contributed by atoms with E-state index in [1.54, 1.807) is 12.1 Å². The van der Waals surface area contributed by atoms with Crippen LogP contribution in [0.5, 0.6) is 5.88 Å². The molecule has 5 nitrogen and oxygen atoms in total. The average molecular weight is 219 g/mol. The van der Waals surface area contributed by atoms with Crippen LogP contribution in [0.1, 0.15) is 0 Å². The molecule has 1 aromatic heterocycles.